The Bertz CT molecular complexity index is 770. The molecule has 2 saturated heterocycles. The van der Waals surface area contributed by atoms with Gasteiger partial charge in [-0.05, 0) is 48.1 Å². The van der Waals surface area contributed by atoms with Gasteiger partial charge in [0.1, 0.15) is 11.6 Å². The number of methoxy groups -OCH3 is 1. The molecule has 0 amide bonds. The lowest BCUT2D eigenvalue weighted by Crippen LogP contribution is -2.64. The molecule has 4 atom stereocenters. The van der Waals surface area contributed by atoms with Crippen LogP contribution in [0, 0.1) is 17.7 Å². The van der Waals surface area contributed by atoms with Crippen molar-refractivity contribution in [3.63, 3.8) is 0 Å². The summed E-state index contributed by atoms with van der Waals surface area (Å²) in [7, 11) is 1.63. The highest BCUT2D eigenvalue weighted by Crippen LogP contribution is 2.42. The standard InChI is InChI=1S/C21H25FN2O2/c1-25-19-8-7-18(22)11-15(19)9-16-10-17-12-26-13-21(17,23)24-20(16)14-5-3-2-4-6-14/h2-8,11,16-17,20,24H,9-10,12-13,23H2,1H3. The molecule has 0 aromatic heterocycles. The molecule has 0 saturated carbocycles. The van der Waals surface area contributed by atoms with Crippen LogP contribution in [0.3, 0.4) is 0 Å². The van der Waals surface area contributed by atoms with Gasteiger partial charge in [0.05, 0.1) is 26.0 Å². The molecule has 138 valence electrons. The number of nitrogens with one attached hydrogen (secondary N) is 1. The van der Waals surface area contributed by atoms with E-state index in [1.54, 1.807) is 19.2 Å². The van der Waals surface area contributed by atoms with E-state index < -0.39 is 5.66 Å². The third kappa shape index (κ3) is 3.22. The molecule has 2 fully saturated rings. The molecule has 4 unspecified atom stereocenters. The van der Waals surface area contributed by atoms with Crippen molar-refractivity contribution >= 4 is 0 Å². The molecule has 0 bridgehead atoms. The molecule has 2 aliphatic rings. The van der Waals surface area contributed by atoms with Gasteiger partial charge in [0, 0.05) is 12.0 Å². The zero-order valence-electron chi connectivity index (χ0n) is 15.0. The number of halogens is 1. The molecule has 3 N–H and O–H groups in total. The Morgan fingerprint density at radius 1 is 1.27 bits per heavy atom. The molecule has 5 heteroatoms. The van der Waals surface area contributed by atoms with Gasteiger partial charge in [-0.15, -0.1) is 0 Å². The Balaban J connectivity index is 1.67. The second-order valence-electron chi connectivity index (χ2n) is 7.44. The molecule has 2 aromatic rings. The van der Waals surface area contributed by atoms with Crippen LogP contribution in [-0.4, -0.2) is 26.0 Å². The van der Waals surface area contributed by atoms with Crippen LogP contribution in [0.25, 0.3) is 0 Å². The number of nitrogens with two attached hydrogens (primary N) is 1. The maximum Gasteiger partial charge on any atom is 0.123 e. The molecular weight excluding hydrogens is 331 g/mol. The summed E-state index contributed by atoms with van der Waals surface area (Å²) in [6.45, 7) is 1.19. The summed E-state index contributed by atoms with van der Waals surface area (Å²) < 4.78 is 24.9. The minimum atomic E-state index is -0.497. The zero-order valence-corrected chi connectivity index (χ0v) is 15.0. The average Bonchev–Trinajstić information content (AvgIpc) is 3.03. The Hall–Kier alpha value is -1.95. The van der Waals surface area contributed by atoms with Crippen molar-refractivity contribution in [2.75, 3.05) is 20.3 Å². The number of fused-ring (bicyclic) bond motifs is 1. The lowest BCUT2D eigenvalue weighted by atomic mass is 9.73. The number of hydrogen-bond acceptors (Lipinski definition) is 4. The predicted molar refractivity (Wildman–Crippen MR) is 98.3 cm³/mol. The van der Waals surface area contributed by atoms with Crippen molar-refractivity contribution in [3.8, 4) is 5.75 Å². The number of piperidine rings is 1. The summed E-state index contributed by atoms with van der Waals surface area (Å²) in [6.07, 6.45) is 1.66. The summed E-state index contributed by atoms with van der Waals surface area (Å²) in [4.78, 5) is 0. The topological polar surface area (TPSA) is 56.5 Å². The summed E-state index contributed by atoms with van der Waals surface area (Å²) in [6, 6.07) is 15.1. The van der Waals surface area contributed by atoms with Crippen molar-refractivity contribution in [3.05, 3.63) is 65.5 Å². The van der Waals surface area contributed by atoms with Crippen LogP contribution in [-0.2, 0) is 11.2 Å². The molecule has 2 aliphatic heterocycles. The number of benzene rings is 2. The van der Waals surface area contributed by atoms with E-state index in [2.05, 4.69) is 17.4 Å². The Morgan fingerprint density at radius 3 is 2.85 bits per heavy atom. The van der Waals surface area contributed by atoms with Gasteiger partial charge in [-0.1, -0.05) is 30.3 Å². The number of rotatable bonds is 4. The summed E-state index contributed by atoms with van der Waals surface area (Å²) in [5.74, 6) is 1.02. The Morgan fingerprint density at radius 2 is 2.08 bits per heavy atom. The molecule has 0 aliphatic carbocycles. The Labute approximate surface area is 153 Å². The quantitative estimate of drug-likeness (QED) is 0.884. The van der Waals surface area contributed by atoms with E-state index in [4.69, 9.17) is 15.2 Å². The fraction of sp³-hybridized carbons (Fsp3) is 0.429. The van der Waals surface area contributed by atoms with E-state index in [-0.39, 0.29) is 23.7 Å². The number of ether oxygens (including phenoxy) is 2. The SMILES string of the molecule is COc1ccc(F)cc1CC1CC2COCC2(N)NC1c1ccccc1. The van der Waals surface area contributed by atoms with Crippen LogP contribution in [0.4, 0.5) is 4.39 Å². The monoisotopic (exact) mass is 356 g/mol. The third-order valence-electron chi connectivity index (χ3n) is 5.75. The van der Waals surface area contributed by atoms with E-state index in [0.717, 1.165) is 24.2 Å². The van der Waals surface area contributed by atoms with Gasteiger partial charge in [0.2, 0.25) is 0 Å². The maximum atomic E-state index is 13.8. The lowest BCUT2D eigenvalue weighted by molar-refractivity contribution is 0.114. The fourth-order valence-corrected chi connectivity index (χ4v) is 4.39. The first-order chi connectivity index (χ1) is 12.6. The lowest BCUT2D eigenvalue weighted by Gasteiger charge is -2.45. The van der Waals surface area contributed by atoms with Gasteiger partial charge in [-0.3, -0.25) is 5.32 Å². The molecule has 4 rings (SSSR count). The van der Waals surface area contributed by atoms with Crippen molar-refractivity contribution in [2.45, 2.75) is 24.5 Å². The first kappa shape index (κ1) is 17.5. The van der Waals surface area contributed by atoms with E-state index in [0.29, 0.717) is 13.2 Å². The molecular formula is C21H25FN2O2. The van der Waals surface area contributed by atoms with Crippen LogP contribution in [0.2, 0.25) is 0 Å². The largest absolute Gasteiger partial charge is 0.496 e. The predicted octanol–water partition coefficient (Wildman–Crippen LogP) is 3.03. The highest BCUT2D eigenvalue weighted by molar-refractivity contribution is 5.35. The fourth-order valence-electron chi connectivity index (χ4n) is 4.39. The molecule has 2 aromatic carbocycles. The van der Waals surface area contributed by atoms with Crippen LogP contribution in [0.15, 0.2) is 48.5 Å². The first-order valence-electron chi connectivity index (χ1n) is 9.11. The average molecular weight is 356 g/mol. The highest BCUT2D eigenvalue weighted by atomic mass is 19.1. The summed E-state index contributed by atoms with van der Waals surface area (Å²) in [5.41, 5.74) is 8.20. The van der Waals surface area contributed by atoms with Crippen molar-refractivity contribution < 1.29 is 13.9 Å². The molecule has 0 spiro atoms. The zero-order chi connectivity index (χ0) is 18.1. The second-order valence-corrected chi connectivity index (χ2v) is 7.44. The summed E-state index contributed by atoms with van der Waals surface area (Å²) >= 11 is 0. The molecule has 4 nitrogen and oxygen atoms in total. The van der Waals surface area contributed by atoms with Gasteiger partial charge in [0.15, 0.2) is 0 Å². The normalized spacial score (nSPS) is 30.8. The molecule has 26 heavy (non-hydrogen) atoms. The van der Waals surface area contributed by atoms with Gasteiger partial charge in [-0.25, -0.2) is 4.39 Å². The molecule has 0 radical (unpaired) electrons. The van der Waals surface area contributed by atoms with Gasteiger partial charge in [-0.2, -0.15) is 0 Å². The van der Waals surface area contributed by atoms with Crippen LogP contribution in [0.1, 0.15) is 23.6 Å². The number of hydrogen-bond donors (Lipinski definition) is 2. The summed E-state index contributed by atoms with van der Waals surface area (Å²) in [5, 5.41) is 3.65. The van der Waals surface area contributed by atoms with Gasteiger partial charge >= 0.3 is 0 Å². The first-order valence-corrected chi connectivity index (χ1v) is 9.11. The van der Waals surface area contributed by atoms with E-state index in [1.165, 1.54) is 11.6 Å². The van der Waals surface area contributed by atoms with Crippen molar-refractivity contribution in [1.82, 2.24) is 5.32 Å². The van der Waals surface area contributed by atoms with E-state index >= 15 is 0 Å². The van der Waals surface area contributed by atoms with Gasteiger partial charge in [0.25, 0.3) is 0 Å². The van der Waals surface area contributed by atoms with Crippen LogP contribution in [0.5, 0.6) is 5.75 Å². The molecule has 2 heterocycles. The van der Waals surface area contributed by atoms with Crippen molar-refractivity contribution in [2.24, 2.45) is 17.6 Å². The smallest absolute Gasteiger partial charge is 0.123 e. The second kappa shape index (κ2) is 6.99. The Kier molecular flexibility index (Phi) is 4.69. The van der Waals surface area contributed by atoms with Crippen molar-refractivity contribution in [1.29, 1.82) is 0 Å². The van der Waals surface area contributed by atoms with E-state index in [9.17, 15) is 4.39 Å². The van der Waals surface area contributed by atoms with Crippen LogP contribution < -0.4 is 15.8 Å². The maximum absolute atomic E-state index is 13.8. The van der Waals surface area contributed by atoms with Crippen LogP contribution >= 0.6 is 0 Å². The third-order valence-corrected chi connectivity index (χ3v) is 5.75. The van der Waals surface area contributed by atoms with E-state index in [1.807, 2.05) is 18.2 Å². The minimum absolute atomic E-state index is 0.0899. The van der Waals surface area contributed by atoms with Gasteiger partial charge < -0.3 is 15.2 Å². The minimum Gasteiger partial charge on any atom is -0.496 e. The highest BCUT2D eigenvalue weighted by Gasteiger charge is 2.48.